The van der Waals surface area contributed by atoms with Gasteiger partial charge in [-0.15, -0.1) is 0 Å². The highest BCUT2D eigenvalue weighted by Gasteiger charge is 2.14. The molecule has 9 nitrogen and oxygen atoms in total. The van der Waals surface area contributed by atoms with Gasteiger partial charge in [-0.2, -0.15) is 0 Å². The second-order valence-corrected chi connectivity index (χ2v) is 8.31. The molecule has 0 spiro atoms. The molecule has 13 heteroatoms. The van der Waals surface area contributed by atoms with Crippen LogP contribution in [0.3, 0.4) is 0 Å². The van der Waals surface area contributed by atoms with Crippen LogP contribution in [0.2, 0.25) is 20.1 Å². The number of halogens is 4. The summed E-state index contributed by atoms with van der Waals surface area (Å²) in [7, 11) is 0. The lowest BCUT2D eigenvalue weighted by atomic mass is 10.2. The van der Waals surface area contributed by atoms with Gasteiger partial charge < -0.3 is 33.9 Å². The number of aromatic carboxylic acids is 2. The molecule has 192 valence electrons. The van der Waals surface area contributed by atoms with Crippen LogP contribution in [-0.2, 0) is 14.2 Å². The zero-order valence-corrected chi connectivity index (χ0v) is 21.3. The number of rotatable bonds is 16. The summed E-state index contributed by atoms with van der Waals surface area (Å²) in [6, 6.07) is 5.04. The molecule has 2 aromatic rings. The van der Waals surface area contributed by atoms with Gasteiger partial charge in [0.05, 0.1) is 70.9 Å². The highest BCUT2D eigenvalue weighted by Crippen LogP contribution is 2.35. The monoisotopic (exact) mass is 570 g/mol. The molecule has 0 fully saturated rings. The summed E-state index contributed by atoms with van der Waals surface area (Å²) in [4.78, 5) is 21.9. The van der Waals surface area contributed by atoms with Crippen LogP contribution in [0.5, 0.6) is 11.5 Å². The third kappa shape index (κ3) is 9.89. The van der Waals surface area contributed by atoms with Crippen molar-refractivity contribution in [1.82, 2.24) is 0 Å². The first kappa shape index (κ1) is 29.3. The van der Waals surface area contributed by atoms with E-state index in [1.165, 1.54) is 24.3 Å². The van der Waals surface area contributed by atoms with Gasteiger partial charge in [0.15, 0.2) is 11.5 Å². The Bertz CT molecular complexity index is 891. The van der Waals surface area contributed by atoms with Gasteiger partial charge in [-0.1, -0.05) is 46.4 Å². The minimum atomic E-state index is -1.14. The lowest BCUT2D eigenvalue weighted by molar-refractivity contribution is 0.00500. The summed E-state index contributed by atoms with van der Waals surface area (Å²) in [5.74, 6) is -1.88. The SMILES string of the molecule is O=C(O)c1cc(Cl)c(OCCOCCOCCOCCOc2c(Cl)cc(C(=O)O)cc2Cl)c(Cl)c1. The van der Waals surface area contributed by atoms with Crippen molar-refractivity contribution in [3.8, 4) is 11.5 Å². The van der Waals surface area contributed by atoms with Crippen molar-refractivity contribution < 1.29 is 43.5 Å². The smallest absolute Gasteiger partial charge is 0.335 e. The topological polar surface area (TPSA) is 121 Å². The van der Waals surface area contributed by atoms with Crippen LogP contribution in [0.15, 0.2) is 24.3 Å². The Balaban J connectivity index is 1.49. The Labute approximate surface area is 221 Å². The van der Waals surface area contributed by atoms with E-state index in [1.54, 1.807) is 0 Å². The minimum absolute atomic E-state index is 0.0293. The van der Waals surface area contributed by atoms with E-state index >= 15 is 0 Å². The van der Waals surface area contributed by atoms with Crippen LogP contribution in [-0.4, -0.2) is 75.0 Å². The molecule has 2 rings (SSSR count). The first-order valence-electron chi connectivity index (χ1n) is 10.1. The Morgan fingerprint density at radius 2 is 0.800 bits per heavy atom. The maximum Gasteiger partial charge on any atom is 0.335 e. The summed E-state index contributed by atoms with van der Waals surface area (Å²) in [6.07, 6.45) is 0. The third-order valence-electron chi connectivity index (χ3n) is 4.18. The van der Waals surface area contributed by atoms with Crippen molar-refractivity contribution in [3.05, 3.63) is 55.5 Å². The highest BCUT2D eigenvalue weighted by molar-refractivity contribution is 6.38. The van der Waals surface area contributed by atoms with Crippen LogP contribution in [0.4, 0.5) is 0 Å². The lowest BCUT2D eigenvalue weighted by Gasteiger charge is -2.12. The summed E-state index contributed by atoms with van der Waals surface area (Å²) in [5.41, 5.74) is -0.0587. The van der Waals surface area contributed by atoms with E-state index < -0.39 is 11.9 Å². The number of benzene rings is 2. The molecule has 0 saturated heterocycles. The number of hydrogen-bond acceptors (Lipinski definition) is 7. The molecule has 0 bridgehead atoms. The second kappa shape index (κ2) is 15.2. The van der Waals surface area contributed by atoms with Gasteiger partial charge in [-0.05, 0) is 24.3 Å². The van der Waals surface area contributed by atoms with Gasteiger partial charge >= 0.3 is 11.9 Å². The van der Waals surface area contributed by atoms with Gasteiger partial charge in [0.1, 0.15) is 13.2 Å². The second-order valence-electron chi connectivity index (χ2n) is 6.68. The van der Waals surface area contributed by atoms with Gasteiger partial charge in [-0.3, -0.25) is 0 Å². The maximum absolute atomic E-state index is 11.0. The molecule has 35 heavy (non-hydrogen) atoms. The average molecular weight is 572 g/mol. The number of ether oxygens (including phenoxy) is 5. The fourth-order valence-electron chi connectivity index (χ4n) is 2.59. The van der Waals surface area contributed by atoms with E-state index in [-0.39, 0.29) is 69.1 Å². The molecule has 0 amide bonds. The van der Waals surface area contributed by atoms with E-state index in [9.17, 15) is 9.59 Å². The number of hydrogen-bond donors (Lipinski definition) is 2. The number of carboxylic acids is 2. The van der Waals surface area contributed by atoms with Crippen LogP contribution < -0.4 is 9.47 Å². The van der Waals surface area contributed by atoms with Crippen molar-refractivity contribution in [2.45, 2.75) is 0 Å². The largest absolute Gasteiger partial charge is 0.488 e. The van der Waals surface area contributed by atoms with E-state index in [1.807, 2.05) is 0 Å². The van der Waals surface area contributed by atoms with E-state index in [2.05, 4.69) is 0 Å². The van der Waals surface area contributed by atoms with Crippen molar-refractivity contribution in [3.63, 3.8) is 0 Å². The van der Waals surface area contributed by atoms with Crippen LogP contribution >= 0.6 is 46.4 Å². The fraction of sp³-hybridized carbons (Fsp3) is 0.364. The molecule has 0 aromatic heterocycles. The first-order valence-corrected chi connectivity index (χ1v) is 11.7. The fourth-order valence-corrected chi connectivity index (χ4v) is 3.78. The molecular formula is C22H22Cl4O9. The van der Waals surface area contributed by atoms with E-state index in [4.69, 9.17) is 80.3 Å². The molecular weight excluding hydrogens is 550 g/mol. The third-order valence-corrected chi connectivity index (χ3v) is 5.31. The van der Waals surface area contributed by atoms with Gasteiger partial charge in [-0.25, -0.2) is 9.59 Å². The molecule has 0 aliphatic carbocycles. The molecule has 0 radical (unpaired) electrons. The summed E-state index contributed by atoms with van der Waals surface area (Å²) < 4.78 is 27.1. The highest BCUT2D eigenvalue weighted by atomic mass is 35.5. The van der Waals surface area contributed by atoms with Crippen molar-refractivity contribution in [2.24, 2.45) is 0 Å². The molecule has 2 aromatic carbocycles. The summed E-state index contributed by atoms with van der Waals surface area (Å²) in [5, 5.41) is 18.3. The number of carbonyl (C=O) groups is 2. The Morgan fingerprint density at radius 3 is 1.06 bits per heavy atom. The molecule has 0 heterocycles. The Hall–Kier alpha value is -1.98. The molecule has 0 unspecified atom stereocenters. The van der Waals surface area contributed by atoms with Gasteiger partial charge in [0, 0.05) is 0 Å². The summed E-state index contributed by atoms with van der Waals surface area (Å²) in [6.45, 7) is 2.19. The van der Waals surface area contributed by atoms with Crippen LogP contribution in [0.25, 0.3) is 0 Å². The molecule has 0 atom stereocenters. The molecule has 2 N–H and O–H groups in total. The Kier molecular flexibility index (Phi) is 12.7. The minimum Gasteiger partial charge on any atom is -0.488 e. The first-order chi connectivity index (χ1) is 16.7. The van der Waals surface area contributed by atoms with Gasteiger partial charge in [0.2, 0.25) is 0 Å². The van der Waals surface area contributed by atoms with E-state index in [0.29, 0.717) is 26.4 Å². The summed E-state index contributed by atoms with van der Waals surface area (Å²) >= 11 is 24.0. The predicted octanol–water partition coefficient (Wildman–Crippen LogP) is 5.20. The van der Waals surface area contributed by atoms with Crippen molar-refractivity contribution in [2.75, 3.05) is 52.9 Å². The molecule has 0 saturated carbocycles. The van der Waals surface area contributed by atoms with Gasteiger partial charge in [0.25, 0.3) is 0 Å². The van der Waals surface area contributed by atoms with Crippen LogP contribution in [0, 0.1) is 0 Å². The standard InChI is InChI=1S/C22H22Cl4O9/c23-15-9-13(21(27)28)10-16(24)19(15)34-7-5-32-3-1-31-2-4-33-6-8-35-20-17(25)11-14(22(29)30)12-18(20)26/h9-12H,1-8H2,(H,27,28)(H,29,30). The number of carboxylic acid groups (broad SMARTS) is 2. The lowest BCUT2D eigenvalue weighted by Crippen LogP contribution is -2.14. The molecule has 0 aliphatic heterocycles. The van der Waals surface area contributed by atoms with Crippen molar-refractivity contribution in [1.29, 1.82) is 0 Å². The average Bonchev–Trinajstić information content (AvgIpc) is 2.79. The normalized spacial score (nSPS) is 10.9. The molecule has 0 aliphatic rings. The maximum atomic E-state index is 11.0. The van der Waals surface area contributed by atoms with Crippen molar-refractivity contribution >= 4 is 58.3 Å². The quantitative estimate of drug-likeness (QED) is 0.262. The Morgan fingerprint density at radius 1 is 0.543 bits per heavy atom. The predicted molar refractivity (Wildman–Crippen MR) is 130 cm³/mol. The zero-order valence-electron chi connectivity index (χ0n) is 18.2. The zero-order chi connectivity index (χ0) is 25.8. The van der Waals surface area contributed by atoms with Crippen LogP contribution in [0.1, 0.15) is 20.7 Å². The van der Waals surface area contributed by atoms with E-state index in [0.717, 1.165) is 0 Å².